The molecule has 2 atom stereocenters. The molecule has 0 N–H and O–H groups in total. The lowest BCUT2D eigenvalue weighted by molar-refractivity contribution is -0.157. The molecule has 154 valence electrons. The number of carbonyl (C=O) groups is 2. The summed E-state index contributed by atoms with van der Waals surface area (Å²) < 4.78 is 5.49. The fraction of sp³-hybridized carbons (Fsp3) is 0.417. The molecule has 2 unspecified atom stereocenters. The average molecular weight is 412 g/mol. The van der Waals surface area contributed by atoms with Crippen molar-refractivity contribution in [3.8, 4) is 0 Å². The van der Waals surface area contributed by atoms with E-state index < -0.39 is 12.0 Å². The molecule has 2 aromatic carbocycles. The Kier molecular flexibility index (Phi) is 7.37. The normalized spacial score (nSPS) is 19.0. The molecule has 3 rings (SSSR count). The summed E-state index contributed by atoms with van der Waals surface area (Å²) in [5.74, 6) is -0.196. The third-order valence-electron chi connectivity index (χ3n) is 5.02. The van der Waals surface area contributed by atoms with Crippen LogP contribution < -0.4 is 0 Å². The van der Waals surface area contributed by atoms with E-state index in [-0.39, 0.29) is 23.4 Å². The molecular formula is C24H29NO3S. The van der Waals surface area contributed by atoms with Crippen molar-refractivity contribution in [3.05, 3.63) is 71.8 Å². The lowest BCUT2D eigenvalue weighted by atomic mass is 9.89. The van der Waals surface area contributed by atoms with Gasteiger partial charge in [-0.2, -0.15) is 0 Å². The Morgan fingerprint density at radius 1 is 1.03 bits per heavy atom. The maximum atomic E-state index is 13.9. The molecule has 1 saturated heterocycles. The van der Waals surface area contributed by atoms with Gasteiger partial charge >= 0.3 is 5.97 Å². The van der Waals surface area contributed by atoms with Crippen LogP contribution in [0.3, 0.4) is 0 Å². The van der Waals surface area contributed by atoms with E-state index in [4.69, 9.17) is 4.74 Å². The fourth-order valence-corrected chi connectivity index (χ4v) is 5.25. The van der Waals surface area contributed by atoms with E-state index >= 15 is 0 Å². The van der Waals surface area contributed by atoms with E-state index in [9.17, 15) is 9.59 Å². The summed E-state index contributed by atoms with van der Waals surface area (Å²) in [5, 5.41) is -0.00728. The molecule has 0 spiro atoms. The number of hydrogen-bond donors (Lipinski definition) is 0. The van der Waals surface area contributed by atoms with Gasteiger partial charge in [0.15, 0.2) is 0 Å². The van der Waals surface area contributed by atoms with E-state index in [1.807, 2.05) is 74.5 Å². The average Bonchev–Trinajstić information content (AvgIpc) is 3.13. The van der Waals surface area contributed by atoms with Gasteiger partial charge in [0.1, 0.15) is 6.04 Å². The Balaban J connectivity index is 1.99. The molecule has 1 heterocycles. The molecule has 5 heteroatoms. The van der Waals surface area contributed by atoms with Crippen LogP contribution in [0, 0.1) is 0 Å². The first-order valence-corrected chi connectivity index (χ1v) is 11.3. The van der Waals surface area contributed by atoms with Crippen LogP contribution in [0.2, 0.25) is 0 Å². The summed E-state index contributed by atoms with van der Waals surface area (Å²) in [6.45, 7) is 5.79. The van der Waals surface area contributed by atoms with E-state index in [0.29, 0.717) is 5.75 Å². The Morgan fingerprint density at radius 3 is 2.07 bits per heavy atom. The second-order valence-corrected chi connectivity index (χ2v) is 8.79. The Labute approximate surface area is 177 Å². The minimum absolute atomic E-state index is 0.00728. The smallest absolute Gasteiger partial charge is 0.330 e. The zero-order chi connectivity index (χ0) is 20.8. The zero-order valence-corrected chi connectivity index (χ0v) is 18.1. The molecule has 1 amide bonds. The number of thioether (sulfide) groups is 1. The van der Waals surface area contributed by atoms with E-state index in [2.05, 4.69) is 6.92 Å². The second kappa shape index (κ2) is 9.97. The number of nitrogens with zero attached hydrogens (tertiary/aromatic N) is 1. The highest BCUT2D eigenvalue weighted by Crippen LogP contribution is 2.37. The number of benzene rings is 2. The minimum atomic E-state index is -0.540. The van der Waals surface area contributed by atoms with Crippen molar-refractivity contribution < 1.29 is 14.3 Å². The quantitative estimate of drug-likeness (QED) is 0.612. The van der Waals surface area contributed by atoms with Crippen LogP contribution in [0.25, 0.3) is 0 Å². The molecule has 1 aliphatic rings. The summed E-state index contributed by atoms with van der Waals surface area (Å²) in [5.41, 5.74) is 1.87. The molecule has 1 aliphatic heterocycles. The first kappa shape index (κ1) is 21.4. The highest BCUT2D eigenvalue weighted by atomic mass is 32.2. The first-order valence-electron chi connectivity index (χ1n) is 10.3. The van der Waals surface area contributed by atoms with Crippen LogP contribution in [-0.2, 0) is 14.3 Å². The predicted molar refractivity (Wildman–Crippen MR) is 118 cm³/mol. The molecule has 2 aromatic rings. The molecular weight excluding hydrogens is 382 g/mol. The minimum Gasteiger partial charge on any atom is -0.461 e. The van der Waals surface area contributed by atoms with Gasteiger partial charge in [-0.3, -0.25) is 4.79 Å². The van der Waals surface area contributed by atoms with Gasteiger partial charge in [0.25, 0.3) is 0 Å². The van der Waals surface area contributed by atoms with Gasteiger partial charge < -0.3 is 9.64 Å². The topological polar surface area (TPSA) is 46.6 Å². The van der Waals surface area contributed by atoms with Crippen LogP contribution in [-0.4, -0.2) is 40.0 Å². The fourth-order valence-electron chi connectivity index (χ4n) is 3.74. The number of esters is 1. The molecule has 29 heavy (non-hydrogen) atoms. The second-order valence-electron chi connectivity index (χ2n) is 7.58. The Hall–Kier alpha value is -2.27. The summed E-state index contributed by atoms with van der Waals surface area (Å²) in [6.07, 6.45) is 1.61. The maximum absolute atomic E-state index is 13.9. The van der Waals surface area contributed by atoms with E-state index in [1.54, 1.807) is 16.7 Å². The van der Waals surface area contributed by atoms with Crippen molar-refractivity contribution in [2.45, 2.75) is 57.1 Å². The molecule has 1 fully saturated rings. The van der Waals surface area contributed by atoms with Crippen LogP contribution in [0.15, 0.2) is 60.7 Å². The van der Waals surface area contributed by atoms with Crippen LogP contribution in [0.1, 0.15) is 50.7 Å². The SMILES string of the molecule is CCCC1SCC(C(=O)OC(C)C)N1C(=O)C(c1ccccc1)c1ccccc1. The highest BCUT2D eigenvalue weighted by Gasteiger charge is 2.44. The molecule has 0 aromatic heterocycles. The van der Waals surface area contributed by atoms with Crippen molar-refractivity contribution in [2.75, 3.05) is 5.75 Å². The molecule has 4 nitrogen and oxygen atoms in total. The van der Waals surface area contributed by atoms with Crippen molar-refractivity contribution >= 4 is 23.6 Å². The van der Waals surface area contributed by atoms with Gasteiger partial charge in [0, 0.05) is 5.75 Å². The molecule has 0 aliphatic carbocycles. The maximum Gasteiger partial charge on any atom is 0.330 e. The standard InChI is InChI=1S/C24H29NO3S/c1-4-11-21-25(20(16-29-21)24(27)28-17(2)3)23(26)22(18-12-7-5-8-13-18)19-14-9-6-10-15-19/h5-10,12-15,17,20-22H,4,11,16H2,1-3H3. The lowest BCUT2D eigenvalue weighted by Gasteiger charge is -2.32. The van der Waals surface area contributed by atoms with Crippen LogP contribution in [0.4, 0.5) is 0 Å². The van der Waals surface area contributed by atoms with Gasteiger partial charge in [0.2, 0.25) is 5.91 Å². The van der Waals surface area contributed by atoms with Gasteiger partial charge in [-0.05, 0) is 31.4 Å². The number of hydrogen-bond acceptors (Lipinski definition) is 4. The largest absolute Gasteiger partial charge is 0.461 e. The highest BCUT2D eigenvalue weighted by molar-refractivity contribution is 8.00. The number of rotatable bonds is 7. The van der Waals surface area contributed by atoms with E-state index in [0.717, 1.165) is 24.0 Å². The van der Waals surface area contributed by atoms with Crippen LogP contribution >= 0.6 is 11.8 Å². The van der Waals surface area contributed by atoms with E-state index in [1.165, 1.54) is 0 Å². The number of carbonyl (C=O) groups excluding carboxylic acids is 2. The summed E-state index contributed by atoms with van der Waals surface area (Å²) in [6, 6.07) is 19.1. The molecule has 0 bridgehead atoms. The third-order valence-corrected chi connectivity index (χ3v) is 6.38. The Bertz CT molecular complexity index is 770. The van der Waals surface area contributed by atoms with Crippen molar-refractivity contribution in [3.63, 3.8) is 0 Å². The number of amides is 1. The third kappa shape index (κ3) is 5.02. The molecule has 0 saturated carbocycles. The van der Waals surface area contributed by atoms with Crippen molar-refractivity contribution in [2.24, 2.45) is 0 Å². The van der Waals surface area contributed by atoms with Crippen molar-refractivity contribution in [1.29, 1.82) is 0 Å². The Morgan fingerprint density at radius 2 is 1.59 bits per heavy atom. The van der Waals surface area contributed by atoms with Gasteiger partial charge in [-0.15, -0.1) is 11.8 Å². The summed E-state index contributed by atoms with van der Waals surface area (Å²) >= 11 is 1.68. The van der Waals surface area contributed by atoms with Gasteiger partial charge in [-0.25, -0.2) is 4.79 Å². The van der Waals surface area contributed by atoms with Crippen molar-refractivity contribution in [1.82, 2.24) is 4.90 Å². The van der Waals surface area contributed by atoms with Crippen LogP contribution in [0.5, 0.6) is 0 Å². The lowest BCUT2D eigenvalue weighted by Crippen LogP contribution is -2.48. The van der Waals surface area contributed by atoms with Gasteiger partial charge in [-0.1, -0.05) is 74.0 Å². The molecule has 0 radical (unpaired) electrons. The monoisotopic (exact) mass is 411 g/mol. The number of ether oxygens (including phenoxy) is 1. The first-order chi connectivity index (χ1) is 14.0. The predicted octanol–water partition coefficient (Wildman–Crippen LogP) is 4.84. The summed E-state index contributed by atoms with van der Waals surface area (Å²) in [7, 11) is 0. The van der Waals surface area contributed by atoms with Gasteiger partial charge in [0.05, 0.1) is 17.4 Å². The zero-order valence-electron chi connectivity index (χ0n) is 17.3. The summed E-state index contributed by atoms with van der Waals surface area (Å²) in [4.78, 5) is 28.5.